The topological polar surface area (TPSA) is 47.1 Å². The van der Waals surface area contributed by atoms with Crippen molar-refractivity contribution in [3.05, 3.63) is 58.9 Å². The van der Waals surface area contributed by atoms with Crippen LogP contribution < -0.4 is 4.74 Å². The van der Waals surface area contributed by atoms with Crippen LogP contribution in [0.15, 0.2) is 42.6 Å². The molecule has 4 nitrogen and oxygen atoms in total. The summed E-state index contributed by atoms with van der Waals surface area (Å²) in [4.78, 5) is 7.93. The third-order valence-corrected chi connectivity index (χ3v) is 4.89. The normalized spacial score (nSPS) is 11.4. The van der Waals surface area contributed by atoms with Crippen LogP contribution in [-0.4, -0.2) is 24.2 Å². The quantitative estimate of drug-likeness (QED) is 0.518. The summed E-state index contributed by atoms with van der Waals surface area (Å²) < 4.78 is 10.8. The Kier molecular flexibility index (Phi) is 4.31. The fraction of sp³-hybridized carbons (Fsp3) is 0.190. The van der Waals surface area contributed by atoms with Crippen molar-refractivity contribution < 1.29 is 9.47 Å². The molecule has 0 saturated heterocycles. The Hall–Kier alpha value is -2.56. The molecule has 132 valence electrons. The zero-order valence-electron chi connectivity index (χ0n) is 14.9. The van der Waals surface area contributed by atoms with Gasteiger partial charge in [-0.2, -0.15) is 0 Å². The van der Waals surface area contributed by atoms with Gasteiger partial charge in [0.05, 0.1) is 30.4 Å². The van der Waals surface area contributed by atoms with Gasteiger partial charge in [-0.15, -0.1) is 0 Å². The summed E-state index contributed by atoms with van der Waals surface area (Å²) in [6.07, 6.45) is 1.83. The molecule has 4 aromatic rings. The largest absolute Gasteiger partial charge is 0.496 e. The second-order valence-electron chi connectivity index (χ2n) is 6.28. The van der Waals surface area contributed by atoms with Crippen LogP contribution in [0, 0.1) is 6.92 Å². The number of aryl methyl sites for hydroxylation is 1. The van der Waals surface area contributed by atoms with Crippen molar-refractivity contribution in [2.45, 2.75) is 13.5 Å². The lowest BCUT2D eigenvalue weighted by Crippen LogP contribution is -1.95. The number of H-pyrrole nitrogens is 1. The van der Waals surface area contributed by atoms with Crippen LogP contribution in [0.3, 0.4) is 0 Å². The molecule has 0 spiro atoms. The minimum absolute atomic E-state index is 0.483. The molecule has 0 fully saturated rings. The summed E-state index contributed by atoms with van der Waals surface area (Å²) >= 11 is 6.45. The average Bonchev–Trinajstić information content (AvgIpc) is 3.01. The lowest BCUT2D eigenvalue weighted by atomic mass is 10.00. The summed E-state index contributed by atoms with van der Waals surface area (Å²) in [5, 5.41) is 2.92. The Morgan fingerprint density at radius 3 is 2.65 bits per heavy atom. The fourth-order valence-electron chi connectivity index (χ4n) is 3.47. The molecule has 0 aliphatic carbocycles. The Balaban J connectivity index is 2.01. The van der Waals surface area contributed by atoms with Crippen molar-refractivity contribution in [2.75, 3.05) is 14.2 Å². The maximum atomic E-state index is 6.45. The molecule has 5 heteroatoms. The molecule has 0 saturated carbocycles. The van der Waals surface area contributed by atoms with Gasteiger partial charge in [0, 0.05) is 40.2 Å². The number of pyridine rings is 1. The van der Waals surface area contributed by atoms with E-state index in [9.17, 15) is 0 Å². The minimum Gasteiger partial charge on any atom is -0.496 e. The summed E-state index contributed by atoms with van der Waals surface area (Å²) in [6.45, 7) is 2.49. The van der Waals surface area contributed by atoms with Gasteiger partial charge in [0.2, 0.25) is 0 Å². The lowest BCUT2D eigenvalue weighted by molar-refractivity contribution is 0.181. The highest BCUT2D eigenvalue weighted by Gasteiger charge is 2.14. The minimum atomic E-state index is 0.483. The van der Waals surface area contributed by atoms with Gasteiger partial charge in [0.25, 0.3) is 0 Å². The van der Waals surface area contributed by atoms with E-state index in [0.29, 0.717) is 11.6 Å². The number of methoxy groups -OCH3 is 2. The van der Waals surface area contributed by atoms with Crippen molar-refractivity contribution in [3.63, 3.8) is 0 Å². The predicted octanol–water partition coefficient (Wildman–Crippen LogP) is 5.50. The maximum absolute atomic E-state index is 6.45. The van der Waals surface area contributed by atoms with E-state index in [2.05, 4.69) is 16.0 Å². The fourth-order valence-corrected chi connectivity index (χ4v) is 3.69. The Morgan fingerprint density at radius 1 is 1.04 bits per heavy atom. The molecule has 26 heavy (non-hydrogen) atoms. The van der Waals surface area contributed by atoms with Gasteiger partial charge in [-0.3, -0.25) is 4.98 Å². The average molecular weight is 367 g/mol. The van der Waals surface area contributed by atoms with Crippen LogP contribution in [-0.2, 0) is 11.3 Å². The van der Waals surface area contributed by atoms with Crippen LogP contribution in [0.4, 0.5) is 0 Å². The molecule has 1 N–H and O–H groups in total. The van der Waals surface area contributed by atoms with Crippen LogP contribution in [0.25, 0.3) is 32.9 Å². The molecule has 0 aliphatic rings. The molecule has 0 radical (unpaired) electrons. The highest BCUT2D eigenvalue weighted by Crippen LogP contribution is 2.37. The first-order chi connectivity index (χ1) is 12.6. The van der Waals surface area contributed by atoms with E-state index in [0.717, 1.165) is 49.9 Å². The summed E-state index contributed by atoms with van der Waals surface area (Å²) in [7, 11) is 3.34. The number of aromatic nitrogens is 2. The predicted molar refractivity (Wildman–Crippen MR) is 106 cm³/mol. The molecule has 0 unspecified atom stereocenters. The van der Waals surface area contributed by atoms with Crippen LogP contribution in [0.2, 0.25) is 5.02 Å². The number of rotatable bonds is 4. The number of nitrogens with zero attached hydrogens (tertiary/aromatic N) is 1. The SMILES string of the molecule is COCc1cc(-c2cc(Cl)cc3c2[nH]c2c(C)nccc23)ccc1OC. The number of aromatic amines is 1. The molecular weight excluding hydrogens is 348 g/mol. The van der Waals surface area contributed by atoms with Gasteiger partial charge >= 0.3 is 0 Å². The van der Waals surface area contributed by atoms with Crippen LogP contribution >= 0.6 is 11.6 Å². The Morgan fingerprint density at radius 2 is 1.88 bits per heavy atom. The summed E-state index contributed by atoms with van der Waals surface area (Å²) in [5.74, 6) is 0.811. The first-order valence-corrected chi connectivity index (χ1v) is 8.73. The van der Waals surface area contributed by atoms with Crippen LogP contribution in [0.1, 0.15) is 11.3 Å². The standard InChI is InChI=1S/C21H19ClN2O2/c1-12-20-16(6-7-23-12)18-10-15(22)9-17(21(18)24-20)13-4-5-19(26-3)14(8-13)11-25-2/h4-10,24H,11H2,1-3H3. The van der Waals surface area contributed by atoms with Gasteiger partial charge in [-0.05, 0) is 42.8 Å². The first-order valence-electron chi connectivity index (χ1n) is 8.35. The van der Waals surface area contributed by atoms with E-state index in [4.69, 9.17) is 21.1 Å². The van der Waals surface area contributed by atoms with Crippen molar-refractivity contribution in [2.24, 2.45) is 0 Å². The van der Waals surface area contributed by atoms with E-state index in [-0.39, 0.29) is 0 Å². The number of benzene rings is 2. The summed E-state index contributed by atoms with van der Waals surface area (Å²) in [6, 6.07) is 12.1. The van der Waals surface area contributed by atoms with E-state index < -0.39 is 0 Å². The molecule has 2 heterocycles. The molecular formula is C21H19ClN2O2. The van der Waals surface area contributed by atoms with Crippen molar-refractivity contribution >= 4 is 33.4 Å². The van der Waals surface area contributed by atoms with Gasteiger partial charge in [-0.1, -0.05) is 17.7 Å². The Bertz CT molecular complexity index is 1120. The second kappa shape index (κ2) is 6.63. The molecule has 0 aliphatic heterocycles. The Labute approximate surface area is 156 Å². The number of fused-ring (bicyclic) bond motifs is 3. The van der Waals surface area contributed by atoms with E-state index in [1.807, 2.05) is 43.5 Å². The number of hydrogen-bond donors (Lipinski definition) is 1. The zero-order valence-corrected chi connectivity index (χ0v) is 15.6. The lowest BCUT2D eigenvalue weighted by Gasteiger charge is -2.11. The number of hydrogen-bond acceptors (Lipinski definition) is 3. The third-order valence-electron chi connectivity index (χ3n) is 4.68. The van der Waals surface area contributed by atoms with E-state index in [1.165, 1.54) is 0 Å². The molecule has 0 bridgehead atoms. The van der Waals surface area contributed by atoms with Gasteiger partial charge in [-0.25, -0.2) is 0 Å². The maximum Gasteiger partial charge on any atom is 0.124 e. The van der Waals surface area contributed by atoms with E-state index in [1.54, 1.807) is 14.2 Å². The monoisotopic (exact) mass is 366 g/mol. The molecule has 2 aromatic heterocycles. The van der Waals surface area contributed by atoms with Crippen molar-refractivity contribution in [3.8, 4) is 16.9 Å². The van der Waals surface area contributed by atoms with Gasteiger partial charge in [0.1, 0.15) is 5.75 Å². The van der Waals surface area contributed by atoms with Gasteiger partial charge < -0.3 is 14.5 Å². The molecule has 0 atom stereocenters. The van der Waals surface area contributed by atoms with Gasteiger partial charge in [0.15, 0.2) is 0 Å². The molecule has 2 aromatic carbocycles. The number of nitrogens with one attached hydrogen (secondary N) is 1. The number of halogens is 1. The second-order valence-corrected chi connectivity index (χ2v) is 6.72. The first kappa shape index (κ1) is 16.9. The molecule has 0 amide bonds. The smallest absolute Gasteiger partial charge is 0.124 e. The third kappa shape index (κ3) is 2.71. The highest BCUT2D eigenvalue weighted by molar-refractivity contribution is 6.32. The zero-order chi connectivity index (χ0) is 18.3. The van der Waals surface area contributed by atoms with Crippen molar-refractivity contribution in [1.29, 1.82) is 0 Å². The molecule has 4 rings (SSSR count). The highest BCUT2D eigenvalue weighted by atomic mass is 35.5. The van der Waals surface area contributed by atoms with Crippen LogP contribution in [0.5, 0.6) is 5.75 Å². The summed E-state index contributed by atoms with van der Waals surface area (Å²) in [5.41, 5.74) is 6.15. The number of ether oxygens (including phenoxy) is 2. The van der Waals surface area contributed by atoms with Crippen molar-refractivity contribution in [1.82, 2.24) is 9.97 Å². The van der Waals surface area contributed by atoms with E-state index >= 15 is 0 Å².